The van der Waals surface area contributed by atoms with Gasteiger partial charge in [0.05, 0.1) is 6.20 Å². The molecule has 8 heteroatoms. The van der Waals surface area contributed by atoms with E-state index in [0.717, 1.165) is 37.6 Å². The summed E-state index contributed by atoms with van der Waals surface area (Å²) in [5.74, 6) is 0.196. The number of hydrogen-bond donors (Lipinski definition) is 1. The van der Waals surface area contributed by atoms with Crippen LogP contribution in [0.5, 0.6) is 0 Å². The molecule has 0 atom stereocenters. The van der Waals surface area contributed by atoms with Gasteiger partial charge in [0.1, 0.15) is 10.7 Å². The minimum atomic E-state index is -3.62. The smallest absolute Gasteiger partial charge is 0.244 e. The van der Waals surface area contributed by atoms with E-state index in [1.54, 1.807) is 0 Å². The van der Waals surface area contributed by atoms with E-state index in [9.17, 15) is 12.8 Å². The number of pyridine rings is 1. The van der Waals surface area contributed by atoms with Crippen LogP contribution in [-0.2, 0) is 10.0 Å². The molecular weight excluding hydrogens is 329 g/mol. The molecule has 1 N–H and O–H groups in total. The molecule has 1 aromatic rings. The lowest BCUT2D eigenvalue weighted by Gasteiger charge is -2.31. The van der Waals surface area contributed by atoms with Crippen molar-refractivity contribution in [3.8, 4) is 0 Å². The van der Waals surface area contributed by atoms with Crippen LogP contribution in [0.15, 0.2) is 23.4 Å². The topological polar surface area (TPSA) is 62.3 Å². The van der Waals surface area contributed by atoms with Crippen LogP contribution in [0.25, 0.3) is 0 Å². The third-order valence-corrected chi connectivity index (χ3v) is 6.03. The maximum atomic E-state index is 13.2. The van der Waals surface area contributed by atoms with Crippen LogP contribution >= 0.6 is 12.4 Å². The predicted octanol–water partition coefficient (Wildman–Crippen LogP) is 1.80. The molecule has 5 nitrogen and oxygen atoms in total. The van der Waals surface area contributed by atoms with Crippen LogP contribution < -0.4 is 5.32 Å². The third kappa shape index (κ3) is 4.16. The predicted molar refractivity (Wildman–Crippen MR) is 84.0 cm³/mol. The normalized spacial score (nSPS) is 20.6. The number of piperidine rings is 1. The van der Waals surface area contributed by atoms with Crippen molar-refractivity contribution < 1.29 is 12.8 Å². The van der Waals surface area contributed by atoms with Crippen molar-refractivity contribution in [1.82, 2.24) is 14.6 Å². The van der Waals surface area contributed by atoms with Crippen molar-refractivity contribution in [2.45, 2.75) is 36.6 Å². The van der Waals surface area contributed by atoms with Gasteiger partial charge in [0, 0.05) is 25.3 Å². The Morgan fingerprint density at radius 2 is 1.91 bits per heavy atom. The van der Waals surface area contributed by atoms with Crippen molar-refractivity contribution in [3.05, 3.63) is 24.3 Å². The summed E-state index contributed by atoms with van der Waals surface area (Å²) in [5.41, 5.74) is 0. The van der Waals surface area contributed by atoms with E-state index >= 15 is 0 Å². The molecular formula is C14H21ClFN3O2S. The first-order valence-electron chi connectivity index (χ1n) is 7.40. The number of aromatic nitrogens is 1. The molecule has 3 rings (SSSR count). The molecule has 0 bridgehead atoms. The highest BCUT2D eigenvalue weighted by Gasteiger charge is 2.30. The number of rotatable bonds is 5. The molecule has 0 aromatic carbocycles. The van der Waals surface area contributed by atoms with Gasteiger partial charge in [-0.2, -0.15) is 4.31 Å². The molecule has 1 saturated heterocycles. The van der Waals surface area contributed by atoms with Gasteiger partial charge in [-0.25, -0.2) is 12.8 Å². The fraction of sp³-hybridized carbons (Fsp3) is 0.643. The molecule has 124 valence electrons. The van der Waals surface area contributed by atoms with Crippen LogP contribution in [0.3, 0.4) is 0 Å². The lowest BCUT2D eigenvalue weighted by Crippen LogP contribution is -2.45. The van der Waals surface area contributed by atoms with Crippen molar-refractivity contribution >= 4 is 22.4 Å². The molecule has 1 aliphatic carbocycles. The zero-order valence-corrected chi connectivity index (χ0v) is 13.9. The summed E-state index contributed by atoms with van der Waals surface area (Å²) in [6.45, 7) is 1.99. The van der Waals surface area contributed by atoms with Gasteiger partial charge in [0.25, 0.3) is 0 Å². The first-order valence-corrected chi connectivity index (χ1v) is 8.84. The molecule has 0 spiro atoms. The molecule has 0 unspecified atom stereocenters. The van der Waals surface area contributed by atoms with Crippen LogP contribution in [0.1, 0.15) is 25.7 Å². The molecule has 2 fully saturated rings. The Bertz CT molecular complexity index is 602. The molecule has 1 saturated carbocycles. The molecule has 1 aliphatic heterocycles. The molecule has 2 heterocycles. The Morgan fingerprint density at radius 1 is 1.23 bits per heavy atom. The van der Waals surface area contributed by atoms with Gasteiger partial charge in [0.15, 0.2) is 0 Å². The highest BCUT2D eigenvalue weighted by atomic mass is 35.5. The van der Waals surface area contributed by atoms with E-state index in [4.69, 9.17) is 0 Å². The molecule has 0 amide bonds. The maximum Gasteiger partial charge on any atom is 0.244 e. The van der Waals surface area contributed by atoms with Crippen LogP contribution in [0, 0.1) is 11.7 Å². The summed E-state index contributed by atoms with van der Waals surface area (Å²) in [7, 11) is -3.62. The zero-order valence-electron chi connectivity index (χ0n) is 12.2. The summed E-state index contributed by atoms with van der Waals surface area (Å²) >= 11 is 0. The van der Waals surface area contributed by atoms with Crippen molar-refractivity contribution in [3.63, 3.8) is 0 Å². The van der Waals surface area contributed by atoms with Gasteiger partial charge in [-0.15, -0.1) is 12.4 Å². The highest BCUT2D eigenvalue weighted by molar-refractivity contribution is 7.89. The summed E-state index contributed by atoms with van der Waals surface area (Å²) in [4.78, 5) is 3.56. The van der Waals surface area contributed by atoms with Crippen LogP contribution in [-0.4, -0.2) is 43.4 Å². The van der Waals surface area contributed by atoms with Crippen molar-refractivity contribution in [2.75, 3.05) is 19.6 Å². The highest BCUT2D eigenvalue weighted by Crippen LogP contribution is 2.28. The molecule has 0 radical (unpaired) electrons. The Kier molecular flexibility index (Phi) is 5.76. The molecule has 2 aliphatic rings. The minimum Gasteiger partial charge on any atom is -0.314 e. The first kappa shape index (κ1) is 17.6. The quantitative estimate of drug-likeness (QED) is 0.880. The van der Waals surface area contributed by atoms with Gasteiger partial charge in [0.2, 0.25) is 10.0 Å². The van der Waals surface area contributed by atoms with E-state index in [2.05, 4.69) is 10.3 Å². The molecule has 22 heavy (non-hydrogen) atoms. The lowest BCUT2D eigenvalue weighted by molar-refractivity contribution is 0.288. The second-order valence-electron chi connectivity index (χ2n) is 5.87. The Morgan fingerprint density at radius 3 is 2.50 bits per heavy atom. The average molecular weight is 350 g/mol. The fourth-order valence-corrected chi connectivity index (χ4v) is 4.08. The van der Waals surface area contributed by atoms with Crippen LogP contribution in [0.2, 0.25) is 0 Å². The van der Waals surface area contributed by atoms with Gasteiger partial charge < -0.3 is 5.32 Å². The van der Waals surface area contributed by atoms with Gasteiger partial charge in [-0.05, 0) is 44.2 Å². The largest absolute Gasteiger partial charge is 0.314 e. The van der Waals surface area contributed by atoms with Crippen LogP contribution in [0.4, 0.5) is 4.39 Å². The number of sulfonamides is 1. The Labute approximate surface area is 136 Å². The summed E-state index contributed by atoms with van der Waals surface area (Å²) in [5, 5.41) is 3.51. The van der Waals surface area contributed by atoms with E-state index in [0.29, 0.717) is 19.1 Å². The third-order valence-electron chi connectivity index (χ3n) is 4.16. The summed E-state index contributed by atoms with van der Waals surface area (Å²) in [6.07, 6.45) is 6.44. The average Bonchev–Trinajstić information content (AvgIpc) is 3.30. The van der Waals surface area contributed by atoms with E-state index < -0.39 is 15.8 Å². The van der Waals surface area contributed by atoms with Crippen molar-refractivity contribution in [2.24, 2.45) is 5.92 Å². The lowest BCUT2D eigenvalue weighted by atomic mass is 10.1. The van der Waals surface area contributed by atoms with Crippen molar-refractivity contribution in [1.29, 1.82) is 0 Å². The number of halogens is 2. The van der Waals surface area contributed by atoms with E-state index in [1.807, 2.05) is 0 Å². The van der Waals surface area contributed by atoms with E-state index in [-0.39, 0.29) is 17.3 Å². The SMILES string of the molecule is Cl.O=S(=O)(c1cncc(F)c1)N1CCC(NCC2CC2)CC1. The minimum absolute atomic E-state index is 0. The number of nitrogens with zero attached hydrogens (tertiary/aromatic N) is 2. The fourth-order valence-electron chi connectivity index (χ4n) is 2.64. The molecule has 1 aromatic heterocycles. The van der Waals surface area contributed by atoms with Gasteiger partial charge in [-0.3, -0.25) is 4.98 Å². The van der Waals surface area contributed by atoms with E-state index in [1.165, 1.54) is 23.3 Å². The first-order chi connectivity index (χ1) is 10.1. The summed E-state index contributed by atoms with van der Waals surface area (Å²) in [6, 6.07) is 1.42. The van der Waals surface area contributed by atoms with Gasteiger partial charge in [-0.1, -0.05) is 0 Å². The second kappa shape index (κ2) is 7.21. The standard InChI is InChI=1S/C14H20FN3O2S.ClH/c15-12-7-14(10-16-9-12)21(19,20)18-5-3-13(4-6-18)17-8-11-1-2-11;/h7,9-11,13,17H,1-6,8H2;1H. The maximum absolute atomic E-state index is 13.2. The Balaban J connectivity index is 0.00000176. The monoisotopic (exact) mass is 349 g/mol. The number of hydrogen-bond acceptors (Lipinski definition) is 4. The number of nitrogens with one attached hydrogen (secondary N) is 1. The summed E-state index contributed by atoms with van der Waals surface area (Å²) < 4.78 is 39.4. The second-order valence-corrected chi connectivity index (χ2v) is 7.81. The zero-order chi connectivity index (χ0) is 14.9. The Hall–Kier alpha value is -0.760. The van der Waals surface area contributed by atoms with Gasteiger partial charge >= 0.3 is 0 Å².